The molecule has 1 heterocycles. The van der Waals surface area contributed by atoms with Crippen LogP contribution in [0.25, 0.3) is 0 Å². The molecule has 178 valence electrons. The Balaban J connectivity index is 1.56. The maximum absolute atomic E-state index is 13.3. The molecule has 0 aliphatic carbocycles. The molecule has 12 heteroatoms. The number of benzene rings is 3. The number of imide groups is 1. The molecule has 0 aromatic heterocycles. The van der Waals surface area contributed by atoms with Gasteiger partial charge in [-0.1, -0.05) is 64.1 Å². The minimum atomic E-state index is -0.818. The van der Waals surface area contributed by atoms with Crippen molar-refractivity contribution in [1.82, 2.24) is 0 Å². The number of hydrogen-bond donors (Lipinski definition) is 2. The van der Waals surface area contributed by atoms with E-state index in [1.54, 1.807) is 12.1 Å². The number of amides is 3. The van der Waals surface area contributed by atoms with Gasteiger partial charge in [0.15, 0.2) is 0 Å². The predicted octanol–water partition coefficient (Wildman–Crippen LogP) is 7.13. The van der Waals surface area contributed by atoms with Gasteiger partial charge in [-0.05, 0) is 48.5 Å². The zero-order chi connectivity index (χ0) is 25.4. The van der Waals surface area contributed by atoms with Crippen molar-refractivity contribution in [2.45, 2.75) is 0 Å². The van der Waals surface area contributed by atoms with Crippen LogP contribution in [0.15, 0.2) is 65.3 Å². The second-order valence-electron chi connectivity index (χ2n) is 7.14. The highest BCUT2D eigenvalue weighted by Crippen LogP contribution is 2.38. The first-order chi connectivity index (χ1) is 16.6. The topological polar surface area (TPSA) is 78.5 Å². The minimum absolute atomic E-state index is 0.0112. The molecule has 3 amide bonds. The lowest BCUT2D eigenvalue weighted by molar-refractivity contribution is -0.120. The summed E-state index contributed by atoms with van der Waals surface area (Å²) in [6, 6.07) is 12.4. The van der Waals surface area contributed by atoms with Crippen molar-refractivity contribution in [2.75, 3.05) is 15.5 Å². The quantitative estimate of drug-likeness (QED) is 0.252. The number of carbonyl (C=O) groups is 3. The van der Waals surface area contributed by atoms with Crippen LogP contribution in [0, 0.1) is 5.82 Å². The SMILES string of the molecule is O=C(Nc1ccc(F)c(Cl)c1)c1cccc(NC2=C(Cl)C(=O)N(c3cc(Cl)c(Cl)cc3Cl)C2=O)c1. The normalized spacial score (nSPS) is 13.5. The highest BCUT2D eigenvalue weighted by atomic mass is 35.5. The molecule has 4 rings (SSSR count). The molecule has 6 nitrogen and oxygen atoms in total. The fraction of sp³-hybridized carbons (Fsp3) is 0. The van der Waals surface area contributed by atoms with E-state index >= 15 is 0 Å². The van der Waals surface area contributed by atoms with Crippen molar-refractivity contribution < 1.29 is 18.8 Å². The van der Waals surface area contributed by atoms with Crippen LogP contribution in [0.2, 0.25) is 20.1 Å². The number of hydrogen-bond acceptors (Lipinski definition) is 4. The first-order valence-corrected chi connectivity index (χ1v) is 11.5. The van der Waals surface area contributed by atoms with Crippen LogP contribution >= 0.6 is 58.0 Å². The van der Waals surface area contributed by atoms with Crippen LogP contribution < -0.4 is 15.5 Å². The molecule has 0 spiro atoms. The first kappa shape index (κ1) is 25.3. The molecule has 35 heavy (non-hydrogen) atoms. The largest absolute Gasteiger partial charge is 0.350 e. The van der Waals surface area contributed by atoms with E-state index in [1.165, 1.54) is 36.4 Å². The summed E-state index contributed by atoms with van der Waals surface area (Å²) < 4.78 is 13.3. The molecule has 2 N–H and O–H groups in total. The second-order valence-corrected chi connectivity index (χ2v) is 9.15. The Hall–Kier alpha value is -2.81. The Morgan fingerprint density at radius 2 is 1.49 bits per heavy atom. The van der Waals surface area contributed by atoms with Crippen LogP contribution in [-0.2, 0) is 9.59 Å². The van der Waals surface area contributed by atoms with Gasteiger partial charge in [-0.15, -0.1) is 0 Å². The van der Waals surface area contributed by atoms with Crippen LogP contribution in [0.5, 0.6) is 0 Å². The lowest BCUT2D eigenvalue weighted by Crippen LogP contribution is -2.32. The summed E-state index contributed by atoms with van der Waals surface area (Å²) >= 11 is 30.0. The fourth-order valence-electron chi connectivity index (χ4n) is 3.17. The van der Waals surface area contributed by atoms with Crippen LogP contribution in [-0.4, -0.2) is 17.7 Å². The average Bonchev–Trinajstić information content (AvgIpc) is 3.02. The van der Waals surface area contributed by atoms with Crippen molar-refractivity contribution in [3.63, 3.8) is 0 Å². The molecule has 0 saturated heterocycles. The third-order valence-electron chi connectivity index (χ3n) is 4.83. The van der Waals surface area contributed by atoms with Crippen LogP contribution in [0.4, 0.5) is 21.5 Å². The maximum Gasteiger partial charge on any atom is 0.283 e. The molecule has 0 unspecified atom stereocenters. The summed E-state index contributed by atoms with van der Waals surface area (Å²) in [5.74, 6) is -2.74. The van der Waals surface area contributed by atoms with Gasteiger partial charge in [0.25, 0.3) is 17.7 Å². The minimum Gasteiger partial charge on any atom is -0.350 e. The van der Waals surface area contributed by atoms with Crippen LogP contribution in [0.3, 0.4) is 0 Å². The van der Waals surface area contributed by atoms with E-state index in [2.05, 4.69) is 10.6 Å². The summed E-state index contributed by atoms with van der Waals surface area (Å²) in [5.41, 5.74) is 0.578. The van der Waals surface area contributed by atoms with E-state index in [0.29, 0.717) is 5.69 Å². The molecule has 3 aromatic carbocycles. The fourth-order valence-corrected chi connectivity index (χ4v) is 4.19. The molecule has 3 aromatic rings. The zero-order valence-electron chi connectivity index (χ0n) is 17.1. The highest BCUT2D eigenvalue weighted by Gasteiger charge is 2.40. The maximum atomic E-state index is 13.3. The van der Waals surface area contributed by atoms with Crippen molar-refractivity contribution in [3.8, 4) is 0 Å². The van der Waals surface area contributed by atoms with Gasteiger partial charge in [0.1, 0.15) is 16.5 Å². The molecule has 0 bridgehead atoms. The van der Waals surface area contributed by atoms with Crippen molar-refractivity contribution in [2.24, 2.45) is 0 Å². The van der Waals surface area contributed by atoms with Gasteiger partial charge in [0, 0.05) is 16.9 Å². The molecule has 0 fully saturated rings. The number of anilines is 3. The van der Waals surface area contributed by atoms with Gasteiger partial charge in [0.2, 0.25) is 0 Å². The zero-order valence-corrected chi connectivity index (χ0v) is 20.9. The number of nitrogens with zero attached hydrogens (tertiary/aromatic N) is 1. The molecule has 0 saturated carbocycles. The lowest BCUT2D eigenvalue weighted by Gasteiger charge is -2.17. The van der Waals surface area contributed by atoms with Gasteiger partial charge in [-0.25, -0.2) is 9.29 Å². The van der Waals surface area contributed by atoms with E-state index < -0.39 is 23.5 Å². The van der Waals surface area contributed by atoms with Crippen molar-refractivity contribution in [3.05, 3.63) is 96.8 Å². The summed E-state index contributed by atoms with van der Waals surface area (Å²) in [6.07, 6.45) is 0. The van der Waals surface area contributed by atoms with Gasteiger partial charge >= 0.3 is 0 Å². The van der Waals surface area contributed by atoms with Gasteiger partial charge in [-0.2, -0.15) is 0 Å². The Morgan fingerprint density at radius 1 is 0.771 bits per heavy atom. The lowest BCUT2D eigenvalue weighted by atomic mass is 10.1. The van der Waals surface area contributed by atoms with Crippen molar-refractivity contribution >= 4 is 92.8 Å². The first-order valence-electron chi connectivity index (χ1n) is 9.63. The van der Waals surface area contributed by atoms with E-state index in [0.717, 1.165) is 11.0 Å². The van der Waals surface area contributed by atoms with Crippen molar-refractivity contribution in [1.29, 1.82) is 0 Å². The molecule has 0 radical (unpaired) electrons. The Kier molecular flexibility index (Phi) is 7.26. The number of rotatable bonds is 5. The highest BCUT2D eigenvalue weighted by molar-refractivity contribution is 6.54. The van der Waals surface area contributed by atoms with Gasteiger partial charge in [-0.3, -0.25) is 14.4 Å². The summed E-state index contributed by atoms with van der Waals surface area (Å²) in [4.78, 5) is 39.2. The van der Waals surface area contributed by atoms with Crippen LogP contribution in [0.1, 0.15) is 10.4 Å². The second kappa shape index (κ2) is 10.0. The van der Waals surface area contributed by atoms with E-state index in [9.17, 15) is 18.8 Å². The van der Waals surface area contributed by atoms with Gasteiger partial charge < -0.3 is 10.6 Å². The molecule has 0 atom stereocenters. The Labute approximate surface area is 223 Å². The van der Waals surface area contributed by atoms with E-state index in [1.807, 2.05) is 0 Å². The number of nitrogens with one attached hydrogen (secondary N) is 2. The Morgan fingerprint density at radius 3 is 2.20 bits per heavy atom. The number of halogens is 6. The third-order valence-corrected chi connectivity index (χ3v) is 6.49. The summed E-state index contributed by atoms with van der Waals surface area (Å²) in [5, 5.41) is 5.10. The molecular formula is C23H11Cl5FN3O3. The number of carbonyl (C=O) groups excluding carboxylic acids is 3. The average molecular weight is 574 g/mol. The van der Waals surface area contributed by atoms with E-state index in [4.69, 9.17) is 58.0 Å². The monoisotopic (exact) mass is 571 g/mol. The third kappa shape index (κ3) is 5.10. The summed E-state index contributed by atoms with van der Waals surface area (Å²) in [6.45, 7) is 0. The Bertz CT molecular complexity index is 1440. The smallest absolute Gasteiger partial charge is 0.283 e. The molecular weight excluding hydrogens is 563 g/mol. The molecule has 1 aliphatic rings. The van der Waals surface area contributed by atoms with Gasteiger partial charge in [0.05, 0.1) is 25.8 Å². The standard InChI is InChI=1S/C23H11Cl5FN3O3/c24-13-8-16(27)18(9-14(13)25)32-22(34)19(28)20(23(32)35)30-11-3-1-2-10(6-11)21(33)31-12-4-5-17(29)15(26)7-12/h1-9,30H,(H,31,33). The van der Waals surface area contributed by atoms with E-state index in [-0.39, 0.29) is 47.8 Å². The summed E-state index contributed by atoms with van der Waals surface area (Å²) in [7, 11) is 0. The molecule has 1 aliphatic heterocycles. The predicted molar refractivity (Wildman–Crippen MR) is 136 cm³/mol.